The second kappa shape index (κ2) is 6.21. The van der Waals surface area contributed by atoms with E-state index in [4.69, 9.17) is 4.74 Å². The molecule has 2 aliphatic rings. The summed E-state index contributed by atoms with van der Waals surface area (Å²) in [7, 11) is 0. The minimum atomic E-state index is -0.261. The van der Waals surface area contributed by atoms with Crippen LogP contribution in [0, 0.1) is 11.8 Å². The van der Waals surface area contributed by atoms with Crippen molar-refractivity contribution in [1.29, 1.82) is 0 Å². The van der Waals surface area contributed by atoms with Crippen LogP contribution in [0.2, 0.25) is 0 Å². The largest absolute Gasteiger partial charge is 0.466 e. The highest BCUT2D eigenvalue weighted by atomic mass is 16.5. The third-order valence-electron chi connectivity index (χ3n) is 3.55. The molecule has 18 heavy (non-hydrogen) atoms. The molecule has 4 heteroatoms. The van der Waals surface area contributed by atoms with Crippen LogP contribution in [0.3, 0.4) is 0 Å². The number of amides is 1. The average molecular weight is 253 g/mol. The lowest BCUT2D eigenvalue weighted by atomic mass is 10.2. The van der Waals surface area contributed by atoms with E-state index >= 15 is 0 Å². The van der Waals surface area contributed by atoms with Gasteiger partial charge in [-0.1, -0.05) is 0 Å². The third-order valence-corrected chi connectivity index (χ3v) is 3.55. The first-order chi connectivity index (χ1) is 8.69. The average Bonchev–Trinajstić information content (AvgIpc) is 3.20. The van der Waals surface area contributed by atoms with Crippen molar-refractivity contribution in [2.45, 2.75) is 45.4 Å². The molecule has 2 saturated carbocycles. The van der Waals surface area contributed by atoms with Crippen LogP contribution in [-0.4, -0.2) is 36.5 Å². The van der Waals surface area contributed by atoms with Crippen LogP contribution in [0.15, 0.2) is 0 Å². The Morgan fingerprint density at radius 2 is 1.61 bits per heavy atom. The molecule has 1 amide bonds. The standard InChI is InChI=1S/C14H23NO3/c1-2-18-14(17)8-7-13(16)15(9-11-3-4-11)10-12-5-6-12/h11-12H,2-10H2,1H3. The Bertz CT molecular complexity index is 294. The molecule has 0 radical (unpaired) electrons. The summed E-state index contributed by atoms with van der Waals surface area (Å²) in [5.41, 5.74) is 0. The van der Waals surface area contributed by atoms with Gasteiger partial charge in [-0.3, -0.25) is 9.59 Å². The van der Waals surface area contributed by atoms with E-state index in [1.165, 1.54) is 25.7 Å². The van der Waals surface area contributed by atoms with Gasteiger partial charge in [0.05, 0.1) is 13.0 Å². The second-order valence-corrected chi connectivity index (χ2v) is 5.49. The summed E-state index contributed by atoms with van der Waals surface area (Å²) in [6.45, 7) is 3.98. The molecule has 2 fully saturated rings. The fourth-order valence-electron chi connectivity index (χ4n) is 2.10. The Morgan fingerprint density at radius 1 is 1.06 bits per heavy atom. The second-order valence-electron chi connectivity index (χ2n) is 5.49. The van der Waals surface area contributed by atoms with Crippen LogP contribution in [-0.2, 0) is 14.3 Å². The van der Waals surface area contributed by atoms with Gasteiger partial charge < -0.3 is 9.64 Å². The van der Waals surface area contributed by atoms with E-state index in [0.717, 1.165) is 24.9 Å². The zero-order chi connectivity index (χ0) is 13.0. The summed E-state index contributed by atoms with van der Waals surface area (Å²) in [5, 5.41) is 0. The van der Waals surface area contributed by atoms with Crippen LogP contribution >= 0.6 is 0 Å². The van der Waals surface area contributed by atoms with E-state index in [9.17, 15) is 9.59 Å². The number of rotatable bonds is 8. The van der Waals surface area contributed by atoms with Crippen LogP contribution in [0.25, 0.3) is 0 Å². The van der Waals surface area contributed by atoms with Gasteiger partial charge in [-0.15, -0.1) is 0 Å². The van der Waals surface area contributed by atoms with Crippen LogP contribution in [0.1, 0.15) is 45.4 Å². The van der Waals surface area contributed by atoms with Gasteiger partial charge in [-0.2, -0.15) is 0 Å². The van der Waals surface area contributed by atoms with E-state index in [-0.39, 0.29) is 18.3 Å². The van der Waals surface area contributed by atoms with Gasteiger partial charge in [-0.05, 0) is 44.4 Å². The van der Waals surface area contributed by atoms with Crippen molar-refractivity contribution in [3.8, 4) is 0 Å². The molecule has 0 aromatic carbocycles. The molecule has 2 rings (SSSR count). The molecule has 0 unspecified atom stereocenters. The first kappa shape index (κ1) is 13.4. The lowest BCUT2D eigenvalue weighted by Crippen LogP contribution is -2.35. The highest BCUT2D eigenvalue weighted by Crippen LogP contribution is 2.33. The van der Waals surface area contributed by atoms with E-state index in [0.29, 0.717) is 13.0 Å². The van der Waals surface area contributed by atoms with Crippen LogP contribution in [0.4, 0.5) is 0 Å². The molecule has 0 aliphatic heterocycles. The summed E-state index contributed by atoms with van der Waals surface area (Å²) in [6.07, 6.45) is 5.55. The van der Waals surface area contributed by atoms with E-state index in [1.807, 2.05) is 4.90 Å². The summed E-state index contributed by atoms with van der Waals surface area (Å²) in [6, 6.07) is 0. The minimum Gasteiger partial charge on any atom is -0.466 e. The van der Waals surface area contributed by atoms with E-state index < -0.39 is 0 Å². The highest BCUT2D eigenvalue weighted by molar-refractivity contribution is 5.81. The molecule has 0 heterocycles. The van der Waals surface area contributed by atoms with Gasteiger partial charge >= 0.3 is 5.97 Å². The fourth-order valence-corrected chi connectivity index (χ4v) is 2.10. The fraction of sp³-hybridized carbons (Fsp3) is 0.857. The lowest BCUT2D eigenvalue weighted by Gasteiger charge is -2.22. The molecular formula is C14H23NO3. The first-order valence-corrected chi connectivity index (χ1v) is 7.12. The van der Waals surface area contributed by atoms with Gasteiger partial charge in [-0.25, -0.2) is 0 Å². The van der Waals surface area contributed by atoms with Crippen molar-refractivity contribution in [2.24, 2.45) is 11.8 Å². The SMILES string of the molecule is CCOC(=O)CCC(=O)N(CC1CC1)CC1CC1. The van der Waals surface area contributed by atoms with Gasteiger partial charge in [0.15, 0.2) is 0 Å². The van der Waals surface area contributed by atoms with Crippen molar-refractivity contribution in [1.82, 2.24) is 4.90 Å². The maximum Gasteiger partial charge on any atom is 0.306 e. The first-order valence-electron chi connectivity index (χ1n) is 7.12. The summed E-state index contributed by atoms with van der Waals surface area (Å²) in [5.74, 6) is 1.30. The Labute approximate surface area is 109 Å². The smallest absolute Gasteiger partial charge is 0.306 e. The molecular weight excluding hydrogens is 230 g/mol. The maximum atomic E-state index is 12.1. The van der Waals surface area contributed by atoms with Gasteiger partial charge in [0, 0.05) is 19.5 Å². The number of carbonyl (C=O) groups is 2. The minimum absolute atomic E-state index is 0.127. The van der Waals surface area contributed by atoms with Crippen molar-refractivity contribution in [3.05, 3.63) is 0 Å². The Kier molecular flexibility index (Phi) is 4.61. The van der Waals surface area contributed by atoms with Gasteiger partial charge in [0.2, 0.25) is 5.91 Å². The van der Waals surface area contributed by atoms with E-state index in [1.54, 1.807) is 6.92 Å². The maximum absolute atomic E-state index is 12.1. The molecule has 0 bridgehead atoms. The van der Waals surface area contributed by atoms with E-state index in [2.05, 4.69) is 0 Å². The Morgan fingerprint density at radius 3 is 2.06 bits per heavy atom. The monoisotopic (exact) mass is 253 g/mol. The predicted molar refractivity (Wildman–Crippen MR) is 67.9 cm³/mol. The van der Waals surface area contributed by atoms with Crippen molar-refractivity contribution >= 4 is 11.9 Å². The number of ether oxygens (including phenoxy) is 1. The summed E-state index contributed by atoms with van der Waals surface area (Å²) < 4.78 is 4.85. The van der Waals surface area contributed by atoms with Crippen molar-refractivity contribution < 1.29 is 14.3 Å². The van der Waals surface area contributed by atoms with Crippen molar-refractivity contribution in [2.75, 3.05) is 19.7 Å². The lowest BCUT2D eigenvalue weighted by molar-refractivity contribution is -0.145. The highest BCUT2D eigenvalue weighted by Gasteiger charge is 2.31. The zero-order valence-corrected chi connectivity index (χ0v) is 11.2. The van der Waals surface area contributed by atoms with Gasteiger partial charge in [0.25, 0.3) is 0 Å². The molecule has 0 spiro atoms. The summed E-state index contributed by atoms with van der Waals surface area (Å²) in [4.78, 5) is 25.3. The number of carbonyl (C=O) groups excluding carboxylic acids is 2. The predicted octanol–water partition coefficient (Wildman–Crippen LogP) is 1.98. The molecule has 102 valence electrons. The summed E-state index contributed by atoms with van der Waals surface area (Å²) >= 11 is 0. The van der Waals surface area contributed by atoms with Crippen LogP contribution < -0.4 is 0 Å². The number of nitrogens with zero attached hydrogens (tertiary/aromatic N) is 1. The number of hydrogen-bond donors (Lipinski definition) is 0. The molecule has 0 saturated heterocycles. The zero-order valence-electron chi connectivity index (χ0n) is 11.2. The Hall–Kier alpha value is -1.06. The van der Waals surface area contributed by atoms with Crippen molar-refractivity contribution in [3.63, 3.8) is 0 Å². The third kappa shape index (κ3) is 4.67. The molecule has 2 aliphatic carbocycles. The topological polar surface area (TPSA) is 46.6 Å². The Balaban J connectivity index is 1.72. The normalized spacial score (nSPS) is 18.5. The molecule has 0 N–H and O–H groups in total. The number of hydrogen-bond acceptors (Lipinski definition) is 3. The molecule has 0 aromatic heterocycles. The quantitative estimate of drug-likeness (QED) is 0.621. The molecule has 4 nitrogen and oxygen atoms in total. The molecule has 0 aromatic rings. The molecule has 0 atom stereocenters. The van der Waals surface area contributed by atoms with Gasteiger partial charge in [0.1, 0.15) is 0 Å². The number of esters is 1. The van der Waals surface area contributed by atoms with Crippen LogP contribution in [0.5, 0.6) is 0 Å².